The summed E-state index contributed by atoms with van der Waals surface area (Å²) >= 11 is 1.36. The van der Waals surface area contributed by atoms with E-state index < -0.39 is 11.5 Å². The molecule has 6 heteroatoms. The number of carboxylic acid groups (broad SMARTS) is 1. The van der Waals surface area contributed by atoms with Gasteiger partial charge in [-0.15, -0.1) is 11.3 Å². The Labute approximate surface area is 121 Å². The molecular formula is C14H17NO4S. The predicted octanol–water partition coefficient (Wildman–Crippen LogP) is 2.22. The topological polar surface area (TPSA) is 83.5 Å². The molecule has 20 heavy (non-hydrogen) atoms. The highest BCUT2D eigenvalue weighted by atomic mass is 32.1. The van der Waals surface area contributed by atoms with Crippen molar-refractivity contribution < 1.29 is 19.5 Å². The summed E-state index contributed by atoms with van der Waals surface area (Å²) in [6, 6.07) is 3.54. The van der Waals surface area contributed by atoms with Crippen LogP contribution in [0.25, 0.3) is 0 Å². The standard InChI is InChI=1S/C14H17NO4S/c16-10(11-3-1-8-20-11)4-5-12(17)15-14(6-2-7-14)9-13(18)19/h1,3,8H,2,4-7,9H2,(H,15,17)(H,18,19). The van der Waals surface area contributed by atoms with Crippen molar-refractivity contribution in [1.82, 2.24) is 5.32 Å². The van der Waals surface area contributed by atoms with Crippen molar-refractivity contribution in [3.05, 3.63) is 22.4 Å². The van der Waals surface area contributed by atoms with E-state index in [-0.39, 0.29) is 31.0 Å². The van der Waals surface area contributed by atoms with Crippen molar-refractivity contribution in [2.45, 2.75) is 44.1 Å². The minimum Gasteiger partial charge on any atom is -0.481 e. The largest absolute Gasteiger partial charge is 0.481 e. The fourth-order valence-corrected chi connectivity index (χ4v) is 3.08. The first kappa shape index (κ1) is 14.7. The highest BCUT2D eigenvalue weighted by Crippen LogP contribution is 2.35. The molecule has 0 bridgehead atoms. The van der Waals surface area contributed by atoms with Gasteiger partial charge in [0.2, 0.25) is 5.91 Å². The van der Waals surface area contributed by atoms with Crippen LogP contribution in [0, 0.1) is 0 Å². The van der Waals surface area contributed by atoms with Crippen LogP contribution in [0.3, 0.4) is 0 Å². The van der Waals surface area contributed by atoms with Gasteiger partial charge in [-0.25, -0.2) is 0 Å². The predicted molar refractivity (Wildman–Crippen MR) is 74.9 cm³/mol. The molecule has 0 unspecified atom stereocenters. The number of carbonyl (C=O) groups excluding carboxylic acids is 2. The molecule has 2 rings (SSSR count). The number of ketones is 1. The number of rotatable bonds is 7. The van der Waals surface area contributed by atoms with Crippen LogP contribution in [0.2, 0.25) is 0 Å². The van der Waals surface area contributed by atoms with Gasteiger partial charge in [0, 0.05) is 12.8 Å². The number of amides is 1. The zero-order chi connectivity index (χ0) is 14.6. The van der Waals surface area contributed by atoms with E-state index in [2.05, 4.69) is 5.32 Å². The Bertz CT molecular complexity index is 505. The molecule has 0 radical (unpaired) electrons. The summed E-state index contributed by atoms with van der Waals surface area (Å²) in [4.78, 5) is 35.1. The first-order valence-corrected chi connectivity index (χ1v) is 7.48. The van der Waals surface area contributed by atoms with Crippen LogP contribution in [0.5, 0.6) is 0 Å². The van der Waals surface area contributed by atoms with Crippen LogP contribution in [0.15, 0.2) is 17.5 Å². The zero-order valence-corrected chi connectivity index (χ0v) is 11.9. The van der Waals surface area contributed by atoms with Gasteiger partial charge in [-0.1, -0.05) is 6.07 Å². The maximum Gasteiger partial charge on any atom is 0.305 e. The molecule has 0 saturated heterocycles. The second-order valence-corrected chi connectivity index (χ2v) is 6.10. The number of carbonyl (C=O) groups is 3. The third kappa shape index (κ3) is 3.66. The molecule has 1 fully saturated rings. The molecule has 1 saturated carbocycles. The fraction of sp³-hybridized carbons (Fsp3) is 0.500. The molecule has 1 aliphatic carbocycles. The van der Waals surface area contributed by atoms with Gasteiger partial charge in [-0.3, -0.25) is 14.4 Å². The molecule has 1 aromatic rings. The lowest BCUT2D eigenvalue weighted by molar-refractivity contribution is -0.140. The Morgan fingerprint density at radius 1 is 1.30 bits per heavy atom. The van der Waals surface area contributed by atoms with Crippen molar-refractivity contribution in [2.75, 3.05) is 0 Å². The smallest absolute Gasteiger partial charge is 0.305 e. The summed E-state index contributed by atoms with van der Waals surface area (Å²) in [7, 11) is 0. The van der Waals surface area contributed by atoms with Crippen LogP contribution in [-0.4, -0.2) is 28.3 Å². The normalized spacial score (nSPS) is 16.2. The van der Waals surface area contributed by atoms with Crippen molar-refractivity contribution in [1.29, 1.82) is 0 Å². The monoisotopic (exact) mass is 295 g/mol. The first-order valence-electron chi connectivity index (χ1n) is 6.60. The second kappa shape index (κ2) is 6.17. The van der Waals surface area contributed by atoms with Crippen LogP contribution in [-0.2, 0) is 9.59 Å². The molecule has 108 valence electrons. The summed E-state index contributed by atoms with van der Waals surface area (Å²) in [5.74, 6) is -1.19. The zero-order valence-electron chi connectivity index (χ0n) is 11.1. The molecule has 2 N–H and O–H groups in total. The number of hydrogen-bond acceptors (Lipinski definition) is 4. The Kier molecular flexibility index (Phi) is 4.54. The van der Waals surface area contributed by atoms with E-state index in [0.717, 1.165) is 6.42 Å². The average molecular weight is 295 g/mol. The number of hydrogen-bond donors (Lipinski definition) is 2. The number of Topliss-reactive ketones (excluding diaryl/α,β-unsaturated/α-hetero) is 1. The highest BCUT2D eigenvalue weighted by Gasteiger charge is 2.40. The molecule has 1 amide bonds. The molecule has 0 aromatic carbocycles. The number of thiophene rings is 1. The van der Waals surface area contributed by atoms with E-state index in [1.54, 1.807) is 12.1 Å². The third-order valence-electron chi connectivity index (χ3n) is 3.58. The van der Waals surface area contributed by atoms with E-state index in [1.807, 2.05) is 5.38 Å². The summed E-state index contributed by atoms with van der Waals surface area (Å²) < 4.78 is 0. The Hall–Kier alpha value is -1.69. The average Bonchev–Trinajstić information content (AvgIpc) is 2.86. The molecule has 1 heterocycles. The molecule has 0 aliphatic heterocycles. The van der Waals surface area contributed by atoms with E-state index in [1.165, 1.54) is 11.3 Å². The minimum absolute atomic E-state index is 0.0440. The Morgan fingerprint density at radius 2 is 2.05 bits per heavy atom. The van der Waals surface area contributed by atoms with Crippen LogP contribution >= 0.6 is 11.3 Å². The lowest BCUT2D eigenvalue weighted by atomic mass is 9.74. The van der Waals surface area contributed by atoms with Crippen molar-refractivity contribution >= 4 is 29.0 Å². The van der Waals surface area contributed by atoms with Crippen LogP contribution < -0.4 is 5.32 Å². The summed E-state index contributed by atoms with van der Waals surface area (Å²) in [6.45, 7) is 0. The quantitative estimate of drug-likeness (QED) is 0.756. The van der Waals surface area contributed by atoms with E-state index in [0.29, 0.717) is 17.7 Å². The Morgan fingerprint density at radius 3 is 2.55 bits per heavy atom. The summed E-state index contributed by atoms with van der Waals surface area (Å²) in [5, 5.41) is 13.5. The van der Waals surface area contributed by atoms with Crippen LogP contribution in [0.1, 0.15) is 48.2 Å². The number of nitrogens with one attached hydrogen (secondary N) is 1. The summed E-state index contributed by atoms with van der Waals surface area (Å²) in [5.41, 5.74) is -0.588. The van der Waals surface area contributed by atoms with Gasteiger partial charge in [0.15, 0.2) is 5.78 Å². The van der Waals surface area contributed by atoms with Gasteiger partial charge in [0.05, 0.1) is 16.8 Å². The van der Waals surface area contributed by atoms with E-state index in [9.17, 15) is 14.4 Å². The van der Waals surface area contributed by atoms with Gasteiger partial charge < -0.3 is 10.4 Å². The Balaban J connectivity index is 1.80. The molecule has 0 atom stereocenters. The van der Waals surface area contributed by atoms with Gasteiger partial charge in [0.25, 0.3) is 0 Å². The van der Waals surface area contributed by atoms with Crippen LogP contribution in [0.4, 0.5) is 0 Å². The number of aliphatic carboxylic acids is 1. The van der Waals surface area contributed by atoms with Crippen molar-refractivity contribution in [2.24, 2.45) is 0 Å². The SMILES string of the molecule is O=C(O)CC1(NC(=O)CCC(=O)c2cccs2)CCC1. The number of carboxylic acids is 1. The van der Waals surface area contributed by atoms with Crippen molar-refractivity contribution in [3.8, 4) is 0 Å². The first-order chi connectivity index (χ1) is 9.51. The minimum atomic E-state index is -0.903. The fourth-order valence-electron chi connectivity index (χ4n) is 2.38. The second-order valence-electron chi connectivity index (χ2n) is 5.15. The molecular weight excluding hydrogens is 278 g/mol. The lowest BCUT2D eigenvalue weighted by Crippen LogP contribution is -2.54. The highest BCUT2D eigenvalue weighted by molar-refractivity contribution is 7.12. The van der Waals surface area contributed by atoms with Gasteiger partial charge in [-0.2, -0.15) is 0 Å². The molecule has 5 nitrogen and oxygen atoms in total. The van der Waals surface area contributed by atoms with E-state index in [4.69, 9.17) is 5.11 Å². The van der Waals surface area contributed by atoms with E-state index >= 15 is 0 Å². The third-order valence-corrected chi connectivity index (χ3v) is 4.49. The molecule has 1 aromatic heterocycles. The maximum atomic E-state index is 11.9. The lowest BCUT2D eigenvalue weighted by Gasteiger charge is -2.41. The molecule has 0 spiro atoms. The van der Waals surface area contributed by atoms with Gasteiger partial charge in [-0.05, 0) is 30.7 Å². The molecule has 1 aliphatic rings. The maximum absolute atomic E-state index is 11.9. The summed E-state index contributed by atoms with van der Waals surface area (Å²) in [6.07, 6.45) is 2.56. The van der Waals surface area contributed by atoms with Gasteiger partial charge in [0.1, 0.15) is 0 Å². The van der Waals surface area contributed by atoms with Crippen molar-refractivity contribution in [3.63, 3.8) is 0 Å². The van der Waals surface area contributed by atoms with Gasteiger partial charge >= 0.3 is 5.97 Å².